The zero-order chi connectivity index (χ0) is 20.9. The molecule has 156 valence electrons. The van der Waals surface area contributed by atoms with Gasteiger partial charge >= 0.3 is 0 Å². The summed E-state index contributed by atoms with van der Waals surface area (Å²) >= 11 is 0. The summed E-state index contributed by atoms with van der Waals surface area (Å²) in [6.45, 7) is 7.30. The number of pyridine rings is 1. The lowest BCUT2D eigenvalue weighted by atomic mass is 10.1. The Balaban J connectivity index is 1.27. The molecular weight excluding hydrogens is 380 g/mol. The smallest absolute Gasteiger partial charge is 0.258 e. The number of fused-ring (bicyclic) bond motifs is 1. The Morgan fingerprint density at radius 2 is 1.77 bits per heavy atom. The van der Waals surface area contributed by atoms with E-state index < -0.39 is 0 Å². The zero-order valence-corrected chi connectivity index (χ0v) is 17.2. The van der Waals surface area contributed by atoms with Crippen molar-refractivity contribution in [2.45, 2.75) is 13.5 Å². The molecule has 1 aliphatic rings. The molecule has 0 N–H and O–H groups in total. The van der Waals surface area contributed by atoms with Crippen molar-refractivity contribution in [1.29, 1.82) is 0 Å². The van der Waals surface area contributed by atoms with Crippen LogP contribution < -0.4 is 10.3 Å². The number of nitrogens with zero attached hydrogens (tertiary/aromatic N) is 4. The third-order valence-electron chi connectivity index (χ3n) is 5.41. The molecule has 0 bridgehead atoms. The van der Waals surface area contributed by atoms with E-state index in [0.717, 1.165) is 38.4 Å². The van der Waals surface area contributed by atoms with E-state index >= 15 is 0 Å². The number of ether oxygens (including phenoxy) is 1. The van der Waals surface area contributed by atoms with Gasteiger partial charge in [-0.2, -0.15) is 0 Å². The maximum atomic E-state index is 12.3. The van der Waals surface area contributed by atoms with Gasteiger partial charge in [-0.15, -0.1) is 0 Å². The number of ketones is 1. The number of para-hydroxylation sites is 1. The summed E-state index contributed by atoms with van der Waals surface area (Å²) in [5.74, 6) is 0.665. The van der Waals surface area contributed by atoms with Gasteiger partial charge in [-0.05, 0) is 31.2 Å². The van der Waals surface area contributed by atoms with Gasteiger partial charge in [-0.1, -0.05) is 18.2 Å². The second kappa shape index (κ2) is 9.19. The van der Waals surface area contributed by atoms with Crippen molar-refractivity contribution < 1.29 is 9.53 Å². The second-order valence-corrected chi connectivity index (χ2v) is 7.53. The third-order valence-corrected chi connectivity index (χ3v) is 5.41. The summed E-state index contributed by atoms with van der Waals surface area (Å²) < 4.78 is 7.42. The molecule has 0 radical (unpaired) electrons. The number of aromatic nitrogens is 2. The molecular formula is C23H26N4O3. The lowest BCUT2D eigenvalue weighted by Crippen LogP contribution is -2.47. The lowest BCUT2D eigenvalue weighted by molar-refractivity contribution is 0.100. The molecule has 7 nitrogen and oxygen atoms in total. The summed E-state index contributed by atoms with van der Waals surface area (Å²) in [6, 6.07) is 14.6. The van der Waals surface area contributed by atoms with Crippen molar-refractivity contribution in [1.82, 2.24) is 19.2 Å². The molecule has 1 saturated heterocycles. The van der Waals surface area contributed by atoms with Crippen LogP contribution in [-0.2, 0) is 6.54 Å². The predicted octanol–water partition coefficient (Wildman–Crippen LogP) is 2.09. The molecule has 0 unspecified atom stereocenters. The van der Waals surface area contributed by atoms with Crippen molar-refractivity contribution in [2.75, 3.05) is 39.3 Å². The topological polar surface area (TPSA) is 67.2 Å². The number of carbonyl (C=O) groups is 1. The largest absolute Gasteiger partial charge is 0.491 e. The molecule has 3 aromatic rings. The van der Waals surface area contributed by atoms with E-state index in [9.17, 15) is 9.59 Å². The van der Waals surface area contributed by atoms with Crippen LogP contribution in [0, 0.1) is 0 Å². The van der Waals surface area contributed by atoms with Gasteiger partial charge in [0.15, 0.2) is 5.78 Å². The Morgan fingerprint density at radius 1 is 1.03 bits per heavy atom. The van der Waals surface area contributed by atoms with Crippen LogP contribution in [0.5, 0.6) is 5.75 Å². The van der Waals surface area contributed by atoms with E-state index in [1.807, 2.05) is 36.4 Å². The van der Waals surface area contributed by atoms with Crippen molar-refractivity contribution in [2.24, 2.45) is 0 Å². The Labute approximate surface area is 175 Å². The van der Waals surface area contributed by atoms with E-state index in [1.165, 1.54) is 0 Å². The molecule has 0 atom stereocenters. The van der Waals surface area contributed by atoms with Crippen molar-refractivity contribution >= 4 is 11.4 Å². The maximum absolute atomic E-state index is 12.3. The minimum atomic E-state index is -0.0442. The Hall–Kier alpha value is -3.03. The number of benzene rings is 1. The Morgan fingerprint density at radius 3 is 2.57 bits per heavy atom. The standard InChI is InChI=1S/C23H26N4O3/c1-18(28)20-6-2-3-7-21(20)30-15-14-25-10-12-26(13-11-25)17-19-16-23(29)27-9-5-4-8-22(27)24-19/h2-9,16H,10-15,17H2,1H3. The van der Waals surface area contributed by atoms with Crippen LogP contribution in [0.2, 0.25) is 0 Å². The van der Waals surface area contributed by atoms with Crippen molar-refractivity contribution in [3.05, 3.63) is 76.3 Å². The molecule has 0 aliphatic carbocycles. The molecule has 0 amide bonds. The van der Waals surface area contributed by atoms with Crippen LogP contribution in [0.3, 0.4) is 0 Å². The van der Waals surface area contributed by atoms with E-state index in [0.29, 0.717) is 30.1 Å². The second-order valence-electron chi connectivity index (χ2n) is 7.53. The molecule has 2 aromatic heterocycles. The highest BCUT2D eigenvalue weighted by Gasteiger charge is 2.18. The maximum Gasteiger partial charge on any atom is 0.258 e. The fourth-order valence-electron chi connectivity index (χ4n) is 3.75. The molecule has 30 heavy (non-hydrogen) atoms. The van der Waals surface area contributed by atoms with Gasteiger partial charge in [0.05, 0.1) is 11.3 Å². The molecule has 1 aromatic carbocycles. The monoisotopic (exact) mass is 406 g/mol. The van der Waals surface area contributed by atoms with Gasteiger partial charge in [-0.25, -0.2) is 4.98 Å². The highest BCUT2D eigenvalue weighted by atomic mass is 16.5. The molecule has 0 saturated carbocycles. The normalized spacial score (nSPS) is 15.4. The highest BCUT2D eigenvalue weighted by Crippen LogP contribution is 2.18. The first kappa shape index (κ1) is 20.3. The van der Waals surface area contributed by atoms with Gasteiger partial charge in [0.2, 0.25) is 0 Å². The molecule has 3 heterocycles. The van der Waals surface area contributed by atoms with Crippen LogP contribution in [0.25, 0.3) is 5.65 Å². The van der Waals surface area contributed by atoms with Gasteiger partial charge in [0.25, 0.3) is 5.56 Å². The van der Waals surface area contributed by atoms with E-state index in [1.54, 1.807) is 29.7 Å². The molecule has 4 rings (SSSR count). The number of rotatable bonds is 7. The van der Waals surface area contributed by atoms with Gasteiger partial charge in [0, 0.05) is 51.5 Å². The number of piperazine rings is 1. The fraction of sp³-hybridized carbons (Fsp3) is 0.348. The van der Waals surface area contributed by atoms with Crippen LogP contribution in [-0.4, -0.2) is 64.3 Å². The quantitative estimate of drug-likeness (QED) is 0.560. The fourth-order valence-corrected chi connectivity index (χ4v) is 3.75. The SMILES string of the molecule is CC(=O)c1ccccc1OCCN1CCN(Cc2cc(=O)n3ccccc3n2)CC1. The van der Waals surface area contributed by atoms with E-state index in [2.05, 4.69) is 14.8 Å². The van der Waals surface area contributed by atoms with Crippen LogP contribution in [0.4, 0.5) is 0 Å². The van der Waals surface area contributed by atoms with E-state index in [-0.39, 0.29) is 11.3 Å². The lowest BCUT2D eigenvalue weighted by Gasteiger charge is -2.34. The van der Waals surface area contributed by atoms with Crippen molar-refractivity contribution in [3.63, 3.8) is 0 Å². The predicted molar refractivity (Wildman–Crippen MR) is 115 cm³/mol. The molecule has 1 fully saturated rings. The number of hydrogen-bond donors (Lipinski definition) is 0. The molecule has 1 aliphatic heterocycles. The molecule has 0 spiro atoms. The first-order valence-electron chi connectivity index (χ1n) is 10.2. The third kappa shape index (κ3) is 4.75. The minimum Gasteiger partial charge on any atom is -0.491 e. The van der Waals surface area contributed by atoms with Gasteiger partial charge in [0.1, 0.15) is 18.0 Å². The van der Waals surface area contributed by atoms with Crippen molar-refractivity contribution in [3.8, 4) is 5.75 Å². The Kier molecular flexibility index (Phi) is 6.21. The zero-order valence-electron chi connectivity index (χ0n) is 17.2. The average molecular weight is 406 g/mol. The van der Waals surface area contributed by atoms with Gasteiger partial charge < -0.3 is 4.74 Å². The van der Waals surface area contributed by atoms with Crippen LogP contribution >= 0.6 is 0 Å². The molecule has 7 heteroatoms. The first-order chi connectivity index (χ1) is 14.6. The van der Waals surface area contributed by atoms with Gasteiger partial charge in [-0.3, -0.25) is 23.8 Å². The number of carbonyl (C=O) groups excluding carboxylic acids is 1. The first-order valence-corrected chi connectivity index (χ1v) is 10.2. The number of Topliss-reactive ketones (excluding diaryl/α,β-unsaturated/α-hetero) is 1. The summed E-state index contributed by atoms with van der Waals surface area (Å²) in [5, 5.41) is 0. The minimum absolute atomic E-state index is 0.0150. The summed E-state index contributed by atoms with van der Waals surface area (Å²) in [6.07, 6.45) is 1.74. The number of hydrogen-bond acceptors (Lipinski definition) is 6. The summed E-state index contributed by atoms with van der Waals surface area (Å²) in [4.78, 5) is 33.2. The summed E-state index contributed by atoms with van der Waals surface area (Å²) in [7, 11) is 0. The highest BCUT2D eigenvalue weighted by molar-refractivity contribution is 5.96. The van der Waals surface area contributed by atoms with E-state index in [4.69, 9.17) is 4.74 Å². The van der Waals surface area contributed by atoms with Crippen LogP contribution in [0.15, 0.2) is 59.5 Å². The Bertz CT molecular complexity index is 1090. The average Bonchev–Trinajstić information content (AvgIpc) is 2.75. The summed E-state index contributed by atoms with van der Waals surface area (Å²) in [5.41, 5.74) is 2.07. The van der Waals surface area contributed by atoms with Crippen LogP contribution in [0.1, 0.15) is 23.0 Å².